The molecule has 4 nitrogen and oxygen atoms in total. The van der Waals surface area contributed by atoms with E-state index in [9.17, 15) is 9.18 Å². The Kier molecular flexibility index (Phi) is 5.26. The summed E-state index contributed by atoms with van der Waals surface area (Å²) in [5.74, 6) is 1.02. The summed E-state index contributed by atoms with van der Waals surface area (Å²) in [4.78, 5) is 11.4. The molecule has 0 unspecified atom stereocenters. The minimum Gasteiger partial charge on any atom is -0.465 e. The molecule has 0 bridgehead atoms. The molecular weight excluding hydrogens is 321 g/mol. The Bertz CT molecular complexity index is 838. The van der Waals surface area contributed by atoms with Crippen molar-refractivity contribution < 1.29 is 23.7 Å². The first-order chi connectivity index (χ1) is 12.2. The maximum Gasteiger partial charge on any atom is 0.337 e. The minimum atomic E-state index is -0.359. The number of methoxy groups -OCH3 is 1. The van der Waals surface area contributed by atoms with Gasteiger partial charge in [-0.15, -0.1) is 0 Å². The summed E-state index contributed by atoms with van der Waals surface area (Å²) in [5, 5.41) is 2.09. The van der Waals surface area contributed by atoms with E-state index in [0.29, 0.717) is 12.1 Å². The van der Waals surface area contributed by atoms with Crippen LogP contribution in [0.3, 0.4) is 0 Å². The van der Waals surface area contributed by atoms with Crippen LogP contribution in [0.1, 0.15) is 21.7 Å². The SMILES string of the molecule is COC(=O)c1ccc(-c2ccc(C[NH2+]Cc3ccc(F)cc3)o2)cc1. The normalized spacial score (nSPS) is 10.6. The molecule has 0 fully saturated rings. The number of furan rings is 1. The highest BCUT2D eigenvalue weighted by molar-refractivity contribution is 5.89. The Morgan fingerprint density at radius 1 is 1.00 bits per heavy atom. The average Bonchev–Trinajstić information content (AvgIpc) is 3.12. The van der Waals surface area contributed by atoms with Crippen LogP contribution in [0.5, 0.6) is 0 Å². The molecule has 0 aliphatic heterocycles. The third kappa shape index (κ3) is 4.33. The first-order valence-corrected chi connectivity index (χ1v) is 7.99. The van der Waals surface area contributed by atoms with Crippen LogP contribution >= 0.6 is 0 Å². The van der Waals surface area contributed by atoms with Crippen LogP contribution in [0.25, 0.3) is 11.3 Å². The fraction of sp³-hybridized carbons (Fsp3) is 0.150. The molecule has 2 aromatic carbocycles. The van der Waals surface area contributed by atoms with Gasteiger partial charge in [-0.2, -0.15) is 0 Å². The maximum absolute atomic E-state index is 12.9. The number of quaternary nitrogens is 1. The summed E-state index contributed by atoms with van der Waals surface area (Å²) in [6.45, 7) is 1.45. The Morgan fingerprint density at radius 3 is 2.40 bits per heavy atom. The summed E-state index contributed by atoms with van der Waals surface area (Å²) < 4.78 is 23.4. The molecule has 25 heavy (non-hydrogen) atoms. The molecule has 1 aromatic heterocycles. The summed E-state index contributed by atoms with van der Waals surface area (Å²) in [6.07, 6.45) is 0. The van der Waals surface area contributed by atoms with Crippen molar-refractivity contribution in [2.75, 3.05) is 7.11 Å². The molecule has 2 N–H and O–H groups in total. The summed E-state index contributed by atoms with van der Waals surface area (Å²) >= 11 is 0. The first kappa shape index (κ1) is 16.9. The molecular formula is C20H19FNO3+. The Morgan fingerprint density at radius 2 is 1.72 bits per heavy atom. The van der Waals surface area contributed by atoms with Gasteiger partial charge in [-0.25, -0.2) is 9.18 Å². The number of esters is 1. The monoisotopic (exact) mass is 340 g/mol. The molecule has 3 aromatic rings. The van der Waals surface area contributed by atoms with E-state index in [-0.39, 0.29) is 11.8 Å². The highest BCUT2D eigenvalue weighted by Gasteiger charge is 2.09. The molecule has 128 valence electrons. The second kappa shape index (κ2) is 7.77. The van der Waals surface area contributed by atoms with Crippen LogP contribution in [0.2, 0.25) is 0 Å². The molecule has 0 saturated carbocycles. The highest BCUT2D eigenvalue weighted by Crippen LogP contribution is 2.22. The quantitative estimate of drug-likeness (QED) is 0.702. The van der Waals surface area contributed by atoms with Crippen molar-refractivity contribution in [3.63, 3.8) is 0 Å². The number of carbonyl (C=O) groups is 1. The number of nitrogens with two attached hydrogens (primary N) is 1. The van der Waals surface area contributed by atoms with E-state index in [1.807, 2.05) is 24.3 Å². The molecule has 0 aliphatic rings. The zero-order chi connectivity index (χ0) is 17.6. The predicted molar refractivity (Wildman–Crippen MR) is 91.2 cm³/mol. The largest absolute Gasteiger partial charge is 0.465 e. The number of halogens is 1. The van der Waals surface area contributed by atoms with Gasteiger partial charge in [-0.1, -0.05) is 24.3 Å². The van der Waals surface area contributed by atoms with E-state index in [2.05, 4.69) is 10.1 Å². The Balaban J connectivity index is 1.58. The molecule has 1 heterocycles. The first-order valence-electron chi connectivity index (χ1n) is 7.99. The fourth-order valence-electron chi connectivity index (χ4n) is 2.53. The molecule has 0 amide bonds. The minimum absolute atomic E-state index is 0.224. The van der Waals surface area contributed by atoms with Gasteiger partial charge in [0, 0.05) is 11.1 Å². The van der Waals surface area contributed by atoms with Crippen molar-refractivity contribution in [1.29, 1.82) is 0 Å². The average molecular weight is 340 g/mol. The second-order valence-corrected chi connectivity index (χ2v) is 5.66. The van der Waals surface area contributed by atoms with Crippen LogP contribution in [0.4, 0.5) is 4.39 Å². The van der Waals surface area contributed by atoms with Gasteiger partial charge >= 0.3 is 5.97 Å². The molecule has 0 spiro atoms. The van der Waals surface area contributed by atoms with E-state index in [0.717, 1.165) is 29.2 Å². The number of rotatable bonds is 6. The van der Waals surface area contributed by atoms with E-state index >= 15 is 0 Å². The van der Waals surface area contributed by atoms with E-state index in [1.165, 1.54) is 19.2 Å². The summed E-state index contributed by atoms with van der Waals surface area (Å²) in [6, 6.07) is 17.4. The summed E-state index contributed by atoms with van der Waals surface area (Å²) in [7, 11) is 1.36. The van der Waals surface area contributed by atoms with Crippen LogP contribution < -0.4 is 5.32 Å². The second-order valence-electron chi connectivity index (χ2n) is 5.66. The fourth-order valence-corrected chi connectivity index (χ4v) is 2.53. The standard InChI is InChI=1S/C20H18FNO3/c1-24-20(23)16-6-4-15(5-7-16)19-11-10-18(25-19)13-22-12-14-2-8-17(21)9-3-14/h2-11,22H,12-13H2,1H3/p+1. The van der Waals surface area contributed by atoms with Crippen molar-refractivity contribution in [3.8, 4) is 11.3 Å². The van der Waals surface area contributed by atoms with Crippen molar-refractivity contribution in [2.24, 2.45) is 0 Å². The highest BCUT2D eigenvalue weighted by atomic mass is 19.1. The lowest BCUT2D eigenvalue weighted by molar-refractivity contribution is -0.687. The van der Waals surface area contributed by atoms with Crippen molar-refractivity contribution in [2.45, 2.75) is 13.1 Å². The maximum atomic E-state index is 12.9. The third-order valence-corrected chi connectivity index (χ3v) is 3.89. The third-order valence-electron chi connectivity index (χ3n) is 3.89. The number of benzene rings is 2. The van der Waals surface area contributed by atoms with E-state index in [1.54, 1.807) is 24.3 Å². The van der Waals surface area contributed by atoms with Crippen molar-refractivity contribution in [3.05, 3.63) is 83.4 Å². The van der Waals surface area contributed by atoms with Gasteiger partial charge in [0.05, 0.1) is 12.7 Å². The number of carbonyl (C=O) groups excluding carboxylic acids is 1. The molecule has 0 radical (unpaired) electrons. The van der Waals surface area contributed by atoms with E-state index in [4.69, 9.17) is 4.42 Å². The predicted octanol–water partition coefficient (Wildman–Crippen LogP) is 3.14. The number of ether oxygens (including phenoxy) is 1. The molecule has 0 saturated heterocycles. The number of hydrogen-bond acceptors (Lipinski definition) is 3. The van der Waals surface area contributed by atoms with Crippen LogP contribution in [0, 0.1) is 5.82 Å². The molecule has 3 rings (SSSR count). The van der Waals surface area contributed by atoms with Gasteiger partial charge in [-0.05, 0) is 36.4 Å². The Hall–Kier alpha value is -2.92. The van der Waals surface area contributed by atoms with Gasteiger partial charge in [-0.3, -0.25) is 0 Å². The topological polar surface area (TPSA) is 56.0 Å². The zero-order valence-electron chi connectivity index (χ0n) is 13.9. The molecule has 0 atom stereocenters. The lowest BCUT2D eigenvalue weighted by Crippen LogP contribution is -2.80. The molecule has 0 aliphatic carbocycles. The van der Waals surface area contributed by atoms with Gasteiger partial charge < -0.3 is 14.5 Å². The lowest BCUT2D eigenvalue weighted by Gasteiger charge is -2.02. The van der Waals surface area contributed by atoms with Crippen LogP contribution in [0.15, 0.2) is 65.1 Å². The summed E-state index contributed by atoms with van der Waals surface area (Å²) in [5.41, 5.74) is 2.47. The van der Waals surface area contributed by atoms with Crippen LogP contribution in [-0.4, -0.2) is 13.1 Å². The van der Waals surface area contributed by atoms with Gasteiger partial charge in [0.1, 0.15) is 24.7 Å². The van der Waals surface area contributed by atoms with E-state index < -0.39 is 0 Å². The zero-order valence-corrected chi connectivity index (χ0v) is 13.9. The smallest absolute Gasteiger partial charge is 0.337 e. The van der Waals surface area contributed by atoms with Gasteiger partial charge in [0.15, 0.2) is 5.76 Å². The van der Waals surface area contributed by atoms with Gasteiger partial charge in [0.25, 0.3) is 0 Å². The van der Waals surface area contributed by atoms with Crippen LogP contribution in [-0.2, 0) is 17.8 Å². The van der Waals surface area contributed by atoms with Crippen molar-refractivity contribution in [1.82, 2.24) is 0 Å². The Labute approximate surface area is 145 Å². The lowest BCUT2D eigenvalue weighted by atomic mass is 10.1. The van der Waals surface area contributed by atoms with Gasteiger partial charge in [0.2, 0.25) is 0 Å². The van der Waals surface area contributed by atoms with Crippen molar-refractivity contribution >= 4 is 5.97 Å². The molecule has 5 heteroatoms. The number of hydrogen-bond donors (Lipinski definition) is 1.